The Morgan fingerprint density at radius 1 is 1.62 bits per heavy atom. The third kappa shape index (κ3) is 4.76. The molecule has 0 amide bonds. The highest BCUT2D eigenvalue weighted by molar-refractivity contribution is 5.91. The first kappa shape index (κ1) is 13.6. The summed E-state index contributed by atoms with van der Waals surface area (Å²) >= 11 is 0. The molecule has 0 bridgehead atoms. The Balaban J connectivity index is 5.10. The number of nitro groups is 1. The van der Waals surface area contributed by atoms with Gasteiger partial charge in [0.2, 0.25) is 0 Å². The lowest BCUT2D eigenvalue weighted by Gasteiger charge is -2.02. The predicted molar refractivity (Wildman–Crippen MR) is 54.7 cm³/mol. The molecule has 0 aromatic rings. The summed E-state index contributed by atoms with van der Waals surface area (Å²) in [5.74, 6) is -1.50. The maximum atomic E-state index is 10.5. The Morgan fingerprint density at radius 3 is 2.50 bits per heavy atom. The minimum atomic E-state index is -1.50. The topological polar surface area (TPSA) is 116 Å². The molecule has 0 fully saturated rings. The fourth-order valence-electron chi connectivity index (χ4n) is 0.689. The van der Waals surface area contributed by atoms with Gasteiger partial charge in [0.1, 0.15) is 11.6 Å². The van der Waals surface area contributed by atoms with E-state index in [1.54, 1.807) is 13.8 Å². The van der Waals surface area contributed by atoms with Crippen molar-refractivity contribution in [3.63, 3.8) is 0 Å². The molecule has 16 heavy (non-hydrogen) atoms. The summed E-state index contributed by atoms with van der Waals surface area (Å²) in [4.78, 5) is 20.2. The lowest BCUT2D eigenvalue weighted by molar-refractivity contribution is -0.419. The molecular formula is C9H11N3O4. The van der Waals surface area contributed by atoms with E-state index >= 15 is 0 Å². The van der Waals surface area contributed by atoms with E-state index in [1.165, 1.54) is 6.07 Å². The predicted octanol–water partition coefficient (Wildman–Crippen LogP) is 0.637. The zero-order valence-electron chi connectivity index (χ0n) is 8.80. The molecule has 0 rings (SSSR count). The summed E-state index contributed by atoms with van der Waals surface area (Å²) in [6.07, 6.45) is 1.77. The van der Waals surface area contributed by atoms with Crippen molar-refractivity contribution < 1.29 is 14.8 Å². The molecule has 0 aliphatic carbocycles. The van der Waals surface area contributed by atoms with Crippen LogP contribution in [0.3, 0.4) is 0 Å². The van der Waals surface area contributed by atoms with Crippen molar-refractivity contribution in [2.75, 3.05) is 0 Å². The van der Waals surface area contributed by atoms with E-state index in [0.29, 0.717) is 6.08 Å². The minimum Gasteiger partial charge on any atom is -0.477 e. The highest BCUT2D eigenvalue weighted by Gasteiger charge is 2.13. The van der Waals surface area contributed by atoms with Crippen molar-refractivity contribution in [1.29, 1.82) is 5.26 Å². The zero-order chi connectivity index (χ0) is 12.7. The Hall–Kier alpha value is -2.36. The Morgan fingerprint density at radius 2 is 2.19 bits per heavy atom. The number of nitriles is 1. The van der Waals surface area contributed by atoms with Crippen molar-refractivity contribution in [2.45, 2.75) is 19.9 Å². The van der Waals surface area contributed by atoms with Crippen molar-refractivity contribution in [2.24, 2.45) is 0 Å². The van der Waals surface area contributed by atoms with Crippen LogP contribution in [0.5, 0.6) is 0 Å². The molecule has 0 aromatic heterocycles. The largest absolute Gasteiger partial charge is 0.477 e. The van der Waals surface area contributed by atoms with Gasteiger partial charge in [-0.1, -0.05) is 0 Å². The Labute approximate surface area is 91.8 Å². The van der Waals surface area contributed by atoms with Gasteiger partial charge < -0.3 is 10.4 Å². The van der Waals surface area contributed by atoms with Crippen LogP contribution in [0.1, 0.15) is 13.8 Å². The van der Waals surface area contributed by atoms with Crippen molar-refractivity contribution in [1.82, 2.24) is 5.32 Å². The lowest BCUT2D eigenvalue weighted by atomic mass is 10.2. The van der Waals surface area contributed by atoms with Gasteiger partial charge in [-0.2, -0.15) is 5.26 Å². The number of allylic oxidation sites excluding steroid dienone is 1. The monoisotopic (exact) mass is 225 g/mol. The molecule has 0 spiro atoms. The standard InChI is InChI=1S/C9H11N3O4/c1-6(2)11-5-8(12(15)16)3-7(4-10)9(13)14/h3,5-6,11H,1-2H3,(H,13,14). The third-order valence-electron chi connectivity index (χ3n) is 1.42. The maximum Gasteiger partial charge on any atom is 0.346 e. The summed E-state index contributed by atoms with van der Waals surface area (Å²) in [6.45, 7) is 3.53. The summed E-state index contributed by atoms with van der Waals surface area (Å²) in [7, 11) is 0. The molecule has 0 aliphatic heterocycles. The highest BCUT2D eigenvalue weighted by Crippen LogP contribution is 2.03. The van der Waals surface area contributed by atoms with E-state index in [4.69, 9.17) is 10.4 Å². The van der Waals surface area contributed by atoms with Crippen LogP contribution in [-0.2, 0) is 4.79 Å². The molecule has 0 radical (unpaired) electrons. The number of carbonyl (C=O) groups is 1. The quantitative estimate of drug-likeness (QED) is 0.233. The molecule has 7 nitrogen and oxygen atoms in total. The number of rotatable bonds is 5. The minimum absolute atomic E-state index is 0.0290. The second-order valence-electron chi connectivity index (χ2n) is 3.12. The summed E-state index contributed by atoms with van der Waals surface area (Å²) in [5.41, 5.74) is -1.17. The van der Waals surface area contributed by atoms with Gasteiger partial charge in [0.15, 0.2) is 0 Å². The molecular weight excluding hydrogens is 214 g/mol. The van der Waals surface area contributed by atoms with Gasteiger partial charge in [0.05, 0.1) is 11.1 Å². The third-order valence-corrected chi connectivity index (χ3v) is 1.42. The maximum absolute atomic E-state index is 10.5. The SMILES string of the molecule is CC(C)NC=C(C=C(C#N)C(=O)O)[N+](=O)[O-]. The van der Waals surface area contributed by atoms with E-state index in [1.807, 2.05) is 0 Å². The van der Waals surface area contributed by atoms with E-state index in [9.17, 15) is 14.9 Å². The van der Waals surface area contributed by atoms with Gasteiger partial charge in [0, 0.05) is 12.1 Å². The Bertz CT molecular complexity index is 390. The molecule has 0 saturated carbocycles. The zero-order valence-corrected chi connectivity index (χ0v) is 8.80. The second kappa shape index (κ2) is 6.19. The van der Waals surface area contributed by atoms with Crippen LogP contribution in [-0.4, -0.2) is 22.0 Å². The molecule has 0 unspecified atom stereocenters. The fraction of sp³-hybridized carbons (Fsp3) is 0.333. The normalized spacial score (nSPS) is 12.1. The van der Waals surface area contributed by atoms with Gasteiger partial charge >= 0.3 is 5.97 Å². The molecule has 0 saturated heterocycles. The molecule has 0 atom stereocenters. The number of hydrogen-bond donors (Lipinski definition) is 2. The van der Waals surface area contributed by atoms with Gasteiger partial charge in [-0.05, 0) is 13.8 Å². The van der Waals surface area contributed by atoms with Crippen LogP contribution in [0, 0.1) is 21.4 Å². The van der Waals surface area contributed by atoms with Gasteiger partial charge in [-0.25, -0.2) is 4.79 Å². The highest BCUT2D eigenvalue weighted by atomic mass is 16.6. The molecule has 86 valence electrons. The number of nitrogens with zero attached hydrogens (tertiary/aromatic N) is 2. The summed E-state index contributed by atoms with van der Waals surface area (Å²) in [5, 5.41) is 30.1. The van der Waals surface area contributed by atoms with E-state index in [2.05, 4.69) is 5.32 Å². The summed E-state index contributed by atoms with van der Waals surface area (Å²) in [6, 6.07) is 1.33. The Kier molecular flexibility index (Phi) is 5.27. The number of aliphatic carboxylic acids is 1. The van der Waals surface area contributed by atoms with Crippen molar-refractivity contribution in [3.05, 3.63) is 33.7 Å². The molecule has 0 aliphatic rings. The van der Waals surface area contributed by atoms with Crippen molar-refractivity contribution >= 4 is 5.97 Å². The molecule has 2 N–H and O–H groups in total. The molecule has 0 aromatic carbocycles. The van der Waals surface area contributed by atoms with Gasteiger partial charge in [-0.15, -0.1) is 0 Å². The number of nitrogens with one attached hydrogen (secondary N) is 1. The van der Waals surface area contributed by atoms with E-state index < -0.39 is 22.2 Å². The second-order valence-corrected chi connectivity index (χ2v) is 3.12. The van der Waals surface area contributed by atoms with Crippen LogP contribution in [0.25, 0.3) is 0 Å². The number of carboxylic acids is 1. The first-order valence-electron chi connectivity index (χ1n) is 4.34. The first-order chi connectivity index (χ1) is 7.38. The van der Waals surface area contributed by atoms with Crippen LogP contribution in [0.4, 0.5) is 0 Å². The van der Waals surface area contributed by atoms with Crippen molar-refractivity contribution in [3.8, 4) is 6.07 Å². The molecule has 0 heterocycles. The summed E-state index contributed by atoms with van der Waals surface area (Å²) < 4.78 is 0. The number of hydrogen-bond acceptors (Lipinski definition) is 5. The van der Waals surface area contributed by atoms with E-state index in [-0.39, 0.29) is 6.04 Å². The number of carboxylic acid groups (broad SMARTS) is 1. The molecule has 7 heteroatoms. The smallest absolute Gasteiger partial charge is 0.346 e. The first-order valence-corrected chi connectivity index (χ1v) is 4.34. The van der Waals surface area contributed by atoms with Crippen LogP contribution < -0.4 is 5.32 Å². The average molecular weight is 225 g/mol. The fourth-order valence-corrected chi connectivity index (χ4v) is 0.689. The average Bonchev–Trinajstić information content (AvgIpc) is 2.16. The lowest BCUT2D eigenvalue weighted by Crippen LogP contribution is -2.17. The van der Waals surface area contributed by atoms with Crippen LogP contribution in [0.15, 0.2) is 23.5 Å². The van der Waals surface area contributed by atoms with Crippen LogP contribution in [0.2, 0.25) is 0 Å². The van der Waals surface area contributed by atoms with E-state index in [0.717, 1.165) is 6.20 Å². The van der Waals surface area contributed by atoms with Gasteiger partial charge in [-0.3, -0.25) is 10.1 Å². The van der Waals surface area contributed by atoms with Crippen LogP contribution >= 0.6 is 0 Å². The van der Waals surface area contributed by atoms with Gasteiger partial charge in [0.25, 0.3) is 5.70 Å².